The maximum atomic E-state index is 9.71. The second-order valence-electron chi connectivity index (χ2n) is 15.2. The zero-order chi connectivity index (χ0) is 27.8. The van der Waals surface area contributed by atoms with Gasteiger partial charge in [0.2, 0.25) is 0 Å². The van der Waals surface area contributed by atoms with Gasteiger partial charge in [-0.05, 0) is 176 Å². The molecule has 2 heteroatoms. The number of rotatable bonds is 0. The van der Waals surface area contributed by atoms with Crippen molar-refractivity contribution in [3.63, 3.8) is 0 Å². The molecule has 2 nitrogen and oxygen atoms in total. The molecule has 0 amide bonds. The van der Waals surface area contributed by atoms with Crippen molar-refractivity contribution in [2.45, 2.75) is 110 Å². The molecule has 0 heterocycles. The maximum absolute atomic E-state index is 9.71. The SMILES string of the molecule is C=C1CCC2C3CCc4cc(O)ccc4C3CC[C@]12C.C[C@H]1CCC2C3CCc4cc(O)ccc4C3CC[C@@]21C. The molecule has 2 aromatic rings. The summed E-state index contributed by atoms with van der Waals surface area (Å²) >= 11 is 0. The van der Waals surface area contributed by atoms with Crippen LogP contribution in [-0.4, -0.2) is 10.2 Å². The fourth-order valence-corrected chi connectivity index (χ4v) is 11.3. The van der Waals surface area contributed by atoms with Crippen LogP contribution in [0, 0.1) is 40.4 Å². The van der Waals surface area contributed by atoms with Crippen LogP contribution in [0.25, 0.3) is 0 Å². The number of allylic oxidation sites excluding steroid dienone is 1. The summed E-state index contributed by atoms with van der Waals surface area (Å²) in [4.78, 5) is 0. The van der Waals surface area contributed by atoms with E-state index < -0.39 is 0 Å². The summed E-state index contributed by atoms with van der Waals surface area (Å²) in [6, 6.07) is 12.2. The van der Waals surface area contributed by atoms with Gasteiger partial charge in [0.15, 0.2) is 0 Å². The molecule has 6 aliphatic carbocycles. The van der Waals surface area contributed by atoms with E-state index in [0.717, 1.165) is 47.8 Å². The van der Waals surface area contributed by atoms with Gasteiger partial charge in [0.1, 0.15) is 11.5 Å². The van der Waals surface area contributed by atoms with Gasteiger partial charge in [-0.25, -0.2) is 0 Å². The van der Waals surface area contributed by atoms with Crippen LogP contribution >= 0.6 is 0 Å². The van der Waals surface area contributed by atoms with Gasteiger partial charge in [0, 0.05) is 0 Å². The van der Waals surface area contributed by atoms with Gasteiger partial charge in [0.05, 0.1) is 0 Å². The standard InChI is InChI=1S/C19H26O.C19H24O/c2*1-12-3-8-18-17-6-4-13-11-14(20)5-7-15(13)16(17)9-10-19(12,18)2/h5,7,11-12,16-18,20H,3-4,6,8-10H2,1-2H3;5,7,11,16-18,20H,1,3-4,6,8-10H2,2H3/t12-,16?,17?,18?,19+;16?,17?,18?,19-/m01/s1. The van der Waals surface area contributed by atoms with Crippen LogP contribution in [0.2, 0.25) is 0 Å². The molecule has 6 unspecified atom stereocenters. The van der Waals surface area contributed by atoms with Crippen LogP contribution in [0.3, 0.4) is 0 Å². The Morgan fingerprint density at radius 1 is 0.675 bits per heavy atom. The second kappa shape index (κ2) is 9.67. The van der Waals surface area contributed by atoms with Crippen molar-refractivity contribution in [2.24, 2.45) is 40.4 Å². The van der Waals surface area contributed by atoms with E-state index >= 15 is 0 Å². The number of hydrogen-bond acceptors (Lipinski definition) is 2. The van der Waals surface area contributed by atoms with Gasteiger partial charge in [-0.15, -0.1) is 0 Å². The zero-order valence-electron chi connectivity index (χ0n) is 25.1. The van der Waals surface area contributed by atoms with Crippen molar-refractivity contribution in [3.8, 4) is 11.5 Å². The number of phenols is 2. The molecule has 8 rings (SSSR count). The maximum Gasteiger partial charge on any atom is 0.115 e. The van der Waals surface area contributed by atoms with E-state index in [9.17, 15) is 10.2 Å². The zero-order valence-corrected chi connectivity index (χ0v) is 25.1. The third-order valence-corrected chi connectivity index (χ3v) is 13.8. The van der Waals surface area contributed by atoms with Crippen LogP contribution in [0.5, 0.6) is 11.5 Å². The molecular formula is C38H50O2. The highest BCUT2D eigenvalue weighted by molar-refractivity contribution is 5.41. The number of hydrogen-bond donors (Lipinski definition) is 2. The first-order valence-electron chi connectivity index (χ1n) is 16.5. The highest BCUT2D eigenvalue weighted by Crippen LogP contribution is 2.64. The third kappa shape index (κ3) is 4.02. The van der Waals surface area contributed by atoms with Crippen molar-refractivity contribution in [1.29, 1.82) is 0 Å². The van der Waals surface area contributed by atoms with E-state index in [1.807, 2.05) is 24.3 Å². The van der Waals surface area contributed by atoms with Crippen molar-refractivity contribution in [2.75, 3.05) is 0 Å². The molecule has 0 aliphatic heterocycles. The first kappa shape index (κ1) is 26.7. The van der Waals surface area contributed by atoms with E-state index in [1.54, 1.807) is 5.56 Å². The molecule has 9 atom stereocenters. The molecular weight excluding hydrogens is 488 g/mol. The molecule has 2 N–H and O–H groups in total. The first-order valence-corrected chi connectivity index (χ1v) is 16.5. The minimum Gasteiger partial charge on any atom is -0.508 e. The van der Waals surface area contributed by atoms with Crippen molar-refractivity contribution in [1.82, 2.24) is 0 Å². The average Bonchev–Trinajstić information content (AvgIpc) is 3.43. The van der Waals surface area contributed by atoms with Gasteiger partial charge in [-0.3, -0.25) is 0 Å². The summed E-state index contributed by atoms with van der Waals surface area (Å²) in [5.41, 5.74) is 8.43. The number of fused-ring (bicyclic) bond motifs is 10. The molecule has 6 aliphatic rings. The average molecular weight is 539 g/mol. The van der Waals surface area contributed by atoms with E-state index in [4.69, 9.17) is 0 Å². The Morgan fingerprint density at radius 3 is 1.88 bits per heavy atom. The number of benzene rings is 2. The minimum absolute atomic E-state index is 0.412. The fourth-order valence-electron chi connectivity index (χ4n) is 11.3. The summed E-state index contributed by atoms with van der Waals surface area (Å²) in [6.07, 6.45) is 15.8. The second-order valence-corrected chi connectivity index (χ2v) is 15.2. The molecule has 0 bridgehead atoms. The molecule has 2 aromatic carbocycles. The lowest BCUT2D eigenvalue weighted by Gasteiger charge is -2.50. The van der Waals surface area contributed by atoms with Crippen LogP contribution in [0.4, 0.5) is 0 Å². The molecule has 4 fully saturated rings. The van der Waals surface area contributed by atoms with E-state index in [0.29, 0.717) is 22.3 Å². The van der Waals surface area contributed by atoms with Gasteiger partial charge in [0.25, 0.3) is 0 Å². The van der Waals surface area contributed by atoms with E-state index in [-0.39, 0.29) is 0 Å². The number of aryl methyl sites for hydroxylation is 2. The van der Waals surface area contributed by atoms with Crippen LogP contribution in [-0.2, 0) is 12.8 Å². The van der Waals surface area contributed by atoms with Crippen LogP contribution < -0.4 is 0 Å². The highest BCUT2D eigenvalue weighted by Gasteiger charge is 2.54. The smallest absolute Gasteiger partial charge is 0.115 e. The molecule has 0 radical (unpaired) electrons. The third-order valence-electron chi connectivity index (χ3n) is 13.8. The Balaban J connectivity index is 0.000000132. The summed E-state index contributed by atoms with van der Waals surface area (Å²) in [7, 11) is 0. The Labute approximate surface area is 242 Å². The molecule has 0 spiro atoms. The Kier molecular flexibility index (Phi) is 6.45. The Bertz CT molecular complexity index is 1310. The summed E-state index contributed by atoms with van der Waals surface area (Å²) < 4.78 is 0. The number of aromatic hydroxyl groups is 2. The molecule has 0 aromatic heterocycles. The van der Waals surface area contributed by atoms with Crippen LogP contribution in [0.15, 0.2) is 48.6 Å². The summed E-state index contributed by atoms with van der Waals surface area (Å²) in [5.74, 6) is 6.80. The predicted octanol–water partition coefficient (Wildman–Crippen LogP) is 9.69. The fraction of sp³-hybridized carbons (Fsp3) is 0.632. The van der Waals surface area contributed by atoms with E-state index in [2.05, 4.69) is 39.5 Å². The quantitative estimate of drug-likeness (QED) is 0.328. The Morgan fingerprint density at radius 2 is 1.25 bits per heavy atom. The topological polar surface area (TPSA) is 40.5 Å². The molecule has 214 valence electrons. The lowest BCUT2D eigenvalue weighted by Crippen LogP contribution is -2.41. The van der Waals surface area contributed by atoms with Crippen LogP contribution in [0.1, 0.15) is 119 Å². The monoisotopic (exact) mass is 538 g/mol. The molecule has 4 saturated carbocycles. The first-order chi connectivity index (χ1) is 19.2. The van der Waals surface area contributed by atoms with Gasteiger partial charge in [-0.2, -0.15) is 0 Å². The van der Waals surface area contributed by atoms with Crippen molar-refractivity contribution < 1.29 is 10.2 Å². The number of phenolic OH excluding ortho intramolecular Hbond substituents is 2. The molecule has 40 heavy (non-hydrogen) atoms. The lowest BCUT2D eigenvalue weighted by molar-refractivity contribution is 0.0336. The van der Waals surface area contributed by atoms with Crippen molar-refractivity contribution >= 4 is 0 Å². The van der Waals surface area contributed by atoms with E-state index in [1.165, 1.54) is 92.9 Å². The van der Waals surface area contributed by atoms with Gasteiger partial charge >= 0.3 is 0 Å². The van der Waals surface area contributed by atoms with Crippen molar-refractivity contribution in [3.05, 3.63) is 70.8 Å². The summed E-state index contributed by atoms with van der Waals surface area (Å²) in [6.45, 7) is 11.9. The highest BCUT2D eigenvalue weighted by atomic mass is 16.3. The largest absolute Gasteiger partial charge is 0.508 e. The minimum atomic E-state index is 0.412. The lowest BCUT2D eigenvalue weighted by atomic mass is 9.54. The normalized spacial score (nSPS) is 40.9. The van der Waals surface area contributed by atoms with Gasteiger partial charge in [-0.1, -0.05) is 45.1 Å². The Hall–Kier alpha value is -2.22. The molecule has 0 saturated heterocycles. The van der Waals surface area contributed by atoms with Gasteiger partial charge < -0.3 is 10.2 Å². The summed E-state index contributed by atoms with van der Waals surface area (Å²) in [5, 5.41) is 19.4. The predicted molar refractivity (Wildman–Crippen MR) is 164 cm³/mol.